The summed E-state index contributed by atoms with van der Waals surface area (Å²) in [6, 6.07) is 4.82. The minimum Gasteiger partial charge on any atom is -0.392 e. The van der Waals surface area contributed by atoms with Crippen LogP contribution in [-0.2, 0) is 16.4 Å². The van der Waals surface area contributed by atoms with Crippen molar-refractivity contribution in [2.75, 3.05) is 6.26 Å². The molecule has 0 fully saturated rings. The normalized spacial score (nSPS) is 11.6. The van der Waals surface area contributed by atoms with Gasteiger partial charge < -0.3 is 5.11 Å². The number of sulfone groups is 1. The SMILES string of the molecule is Cc1cc(CO)ccc1S(C)(=O)=O. The lowest BCUT2D eigenvalue weighted by Crippen LogP contribution is -2.00. The van der Waals surface area contributed by atoms with E-state index in [4.69, 9.17) is 5.11 Å². The van der Waals surface area contributed by atoms with Crippen LogP contribution in [0.4, 0.5) is 0 Å². The number of aliphatic hydroxyl groups is 1. The molecule has 0 heterocycles. The maximum absolute atomic E-state index is 11.2. The van der Waals surface area contributed by atoms with E-state index in [1.807, 2.05) is 0 Å². The largest absolute Gasteiger partial charge is 0.392 e. The first-order chi connectivity index (χ1) is 5.95. The summed E-state index contributed by atoms with van der Waals surface area (Å²) in [5.74, 6) is 0. The van der Waals surface area contributed by atoms with E-state index < -0.39 is 9.84 Å². The molecule has 0 spiro atoms. The molecule has 0 bridgehead atoms. The summed E-state index contributed by atoms with van der Waals surface area (Å²) in [4.78, 5) is 0.324. The zero-order chi connectivity index (χ0) is 10.1. The predicted octanol–water partition coefficient (Wildman–Crippen LogP) is 0.891. The Bertz CT molecular complexity index is 407. The molecule has 72 valence electrons. The minimum atomic E-state index is -3.14. The first kappa shape index (κ1) is 10.2. The van der Waals surface area contributed by atoms with Gasteiger partial charge in [-0.25, -0.2) is 8.42 Å². The van der Waals surface area contributed by atoms with Crippen LogP contribution < -0.4 is 0 Å². The molecule has 1 N–H and O–H groups in total. The van der Waals surface area contributed by atoms with Crippen LogP contribution in [0.1, 0.15) is 11.1 Å². The van der Waals surface area contributed by atoms with Crippen molar-refractivity contribution >= 4 is 9.84 Å². The highest BCUT2D eigenvalue weighted by atomic mass is 32.2. The van der Waals surface area contributed by atoms with E-state index in [1.165, 1.54) is 12.3 Å². The third kappa shape index (κ3) is 2.29. The highest BCUT2D eigenvalue weighted by molar-refractivity contribution is 7.90. The first-order valence-corrected chi connectivity index (χ1v) is 5.74. The second kappa shape index (κ2) is 3.47. The van der Waals surface area contributed by atoms with Crippen LogP contribution >= 0.6 is 0 Å². The monoisotopic (exact) mass is 200 g/mol. The summed E-state index contributed by atoms with van der Waals surface area (Å²) in [5, 5.41) is 8.81. The molecule has 0 saturated carbocycles. The minimum absolute atomic E-state index is 0.0646. The smallest absolute Gasteiger partial charge is 0.175 e. The van der Waals surface area contributed by atoms with Gasteiger partial charge in [0, 0.05) is 6.26 Å². The van der Waals surface area contributed by atoms with Crippen molar-refractivity contribution in [1.29, 1.82) is 0 Å². The van der Waals surface area contributed by atoms with Crippen molar-refractivity contribution in [3.05, 3.63) is 29.3 Å². The van der Waals surface area contributed by atoms with Gasteiger partial charge in [-0.2, -0.15) is 0 Å². The molecule has 1 rings (SSSR count). The van der Waals surface area contributed by atoms with Crippen molar-refractivity contribution in [3.63, 3.8) is 0 Å². The molecule has 13 heavy (non-hydrogen) atoms. The molecule has 0 aliphatic rings. The van der Waals surface area contributed by atoms with Gasteiger partial charge in [-0.3, -0.25) is 0 Å². The van der Waals surface area contributed by atoms with Gasteiger partial charge in [0.1, 0.15) is 0 Å². The first-order valence-electron chi connectivity index (χ1n) is 3.85. The predicted molar refractivity (Wildman–Crippen MR) is 50.2 cm³/mol. The van der Waals surface area contributed by atoms with Crippen LogP contribution in [0.3, 0.4) is 0 Å². The molecule has 3 nitrogen and oxygen atoms in total. The lowest BCUT2D eigenvalue weighted by Gasteiger charge is -2.04. The van der Waals surface area contributed by atoms with Gasteiger partial charge in [0.2, 0.25) is 0 Å². The lowest BCUT2D eigenvalue weighted by molar-refractivity contribution is 0.281. The quantitative estimate of drug-likeness (QED) is 0.771. The van der Waals surface area contributed by atoms with Gasteiger partial charge in [0.25, 0.3) is 0 Å². The van der Waals surface area contributed by atoms with Gasteiger partial charge in [0.05, 0.1) is 11.5 Å². The number of hydrogen-bond donors (Lipinski definition) is 1. The highest BCUT2D eigenvalue weighted by Crippen LogP contribution is 2.16. The van der Waals surface area contributed by atoms with E-state index in [2.05, 4.69) is 0 Å². The Kier molecular flexibility index (Phi) is 2.73. The second-order valence-corrected chi connectivity index (χ2v) is 5.01. The fourth-order valence-corrected chi connectivity index (χ4v) is 2.18. The van der Waals surface area contributed by atoms with Crippen LogP contribution in [-0.4, -0.2) is 19.8 Å². The molecular formula is C9H12O3S. The summed E-state index contributed by atoms with van der Waals surface area (Å²) in [6.07, 6.45) is 1.17. The number of aliphatic hydroxyl groups excluding tert-OH is 1. The molecule has 1 aromatic rings. The third-order valence-electron chi connectivity index (χ3n) is 1.82. The van der Waals surface area contributed by atoms with Crippen molar-refractivity contribution < 1.29 is 13.5 Å². The molecule has 4 heteroatoms. The van der Waals surface area contributed by atoms with E-state index in [-0.39, 0.29) is 6.61 Å². The fraction of sp³-hybridized carbons (Fsp3) is 0.333. The standard InChI is InChI=1S/C9H12O3S/c1-7-5-8(6-10)3-4-9(7)13(2,11)12/h3-5,10H,6H2,1-2H3. The molecule has 0 aliphatic carbocycles. The maximum atomic E-state index is 11.2. The Morgan fingerprint density at radius 2 is 2.00 bits per heavy atom. The summed E-state index contributed by atoms with van der Waals surface area (Å²) in [5.41, 5.74) is 1.40. The Labute approximate surface area is 77.9 Å². The van der Waals surface area contributed by atoms with Crippen LogP contribution in [0.2, 0.25) is 0 Å². The average molecular weight is 200 g/mol. The molecule has 0 unspecified atom stereocenters. The van der Waals surface area contributed by atoms with Gasteiger partial charge in [-0.05, 0) is 24.1 Å². The molecule has 0 atom stereocenters. The van der Waals surface area contributed by atoms with Crippen molar-refractivity contribution in [2.24, 2.45) is 0 Å². The number of rotatable bonds is 2. The van der Waals surface area contributed by atoms with Gasteiger partial charge in [-0.1, -0.05) is 12.1 Å². The lowest BCUT2D eigenvalue weighted by atomic mass is 10.1. The van der Waals surface area contributed by atoms with Gasteiger partial charge >= 0.3 is 0 Å². The van der Waals surface area contributed by atoms with Crippen LogP contribution in [0.5, 0.6) is 0 Å². The zero-order valence-corrected chi connectivity index (χ0v) is 8.43. The fourth-order valence-electron chi connectivity index (χ4n) is 1.23. The van der Waals surface area contributed by atoms with Crippen molar-refractivity contribution in [1.82, 2.24) is 0 Å². The Morgan fingerprint density at radius 3 is 2.38 bits per heavy atom. The maximum Gasteiger partial charge on any atom is 0.175 e. The molecular weight excluding hydrogens is 188 g/mol. The van der Waals surface area contributed by atoms with Gasteiger partial charge in [-0.15, -0.1) is 0 Å². The molecule has 0 radical (unpaired) electrons. The second-order valence-electron chi connectivity index (χ2n) is 3.03. The summed E-state index contributed by atoms with van der Waals surface area (Å²) >= 11 is 0. The van der Waals surface area contributed by atoms with E-state index in [0.717, 1.165) is 5.56 Å². The van der Waals surface area contributed by atoms with E-state index in [9.17, 15) is 8.42 Å². The van der Waals surface area contributed by atoms with E-state index in [0.29, 0.717) is 10.5 Å². The van der Waals surface area contributed by atoms with E-state index >= 15 is 0 Å². The Hall–Kier alpha value is -0.870. The van der Waals surface area contributed by atoms with E-state index in [1.54, 1.807) is 19.1 Å². The molecule has 0 aromatic heterocycles. The van der Waals surface area contributed by atoms with Crippen LogP contribution in [0.15, 0.2) is 23.1 Å². The Balaban J connectivity index is 3.29. The number of hydrogen-bond acceptors (Lipinski definition) is 3. The van der Waals surface area contributed by atoms with Crippen LogP contribution in [0.25, 0.3) is 0 Å². The van der Waals surface area contributed by atoms with Crippen molar-refractivity contribution in [2.45, 2.75) is 18.4 Å². The highest BCUT2D eigenvalue weighted by Gasteiger charge is 2.10. The molecule has 0 saturated heterocycles. The number of aryl methyl sites for hydroxylation is 1. The summed E-state index contributed by atoms with van der Waals surface area (Å²) in [6.45, 7) is 1.65. The van der Waals surface area contributed by atoms with Crippen molar-refractivity contribution in [3.8, 4) is 0 Å². The van der Waals surface area contributed by atoms with Gasteiger partial charge in [0.15, 0.2) is 9.84 Å². The zero-order valence-electron chi connectivity index (χ0n) is 7.61. The average Bonchev–Trinajstić information content (AvgIpc) is 2.01. The molecule has 0 aliphatic heterocycles. The molecule has 1 aromatic carbocycles. The summed E-state index contributed by atoms with van der Waals surface area (Å²) < 4.78 is 22.4. The number of benzene rings is 1. The van der Waals surface area contributed by atoms with Crippen LogP contribution in [0, 0.1) is 6.92 Å². The third-order valence-corrected chi connectivity index (χ3v) is 3.08. The topological polar surface area (TPSA) is 54.4 Å². The molecule has 0 amide bonds. The summed E-state index contributed by atoms with van der Waals surface area (Å²) in [7, 11) is -3.14. The Morgan fingerprint density at radius 1 is 1.38 bits per heavy atom.